The number of rotatable bonds is 8. The van der Waals surface area contributed by atoms with Gasteiger partial charge in [-0.25, -0.2) is 0 Å². The Morgan fingerprint density at radius 2 is 0.920 bits per heavy atom. The maximum absolute atomic E-state index is 14.0. The molecule has 0 aromatic heterocycles. The van der Waals surface area contributed by atoms with Gasteiger partial charge in [0.2, 0.25) is 0 Å². The van der Waals surface area contributed by atoms with Gasteiger partial charge in [-0.1, -0.05) is 102 Å². The summed E-state index contributed by atoms with van der Waals surface area (Å²) in [4.78, 5) is 28.0. The van der Waals surface area contributed by atoms with Gasteiger partial charge in [-0.15, -0.1) is 0 Å². The highest BCUT2D eigenvalue weighted by molar-refractivity contribution is 7.11. The number of ketones is 2. The highest BCUT2D eigenvalue weighted by atomic mass is 28.4. The Morgan fingerprint density at radius 3 is 1.16 bits per heavy atom. The summed E-state index contributed by atoms with van der Waals surface area (Å²) < 4.78 is -0.653. The molecule has 2 nitrogen and oxygen atoms in total. The summed E-state index contributed by atoms with van der Waals surface area (Å²) >= 11 is 0. The first-order valence-corrected chi connectivity index (χ1v) is 15.3. The van der Waals surface area contributed by atoms with Crippen LogP contribution in [0.15, 0.2) is 24.3 Å². The van der Waals surface area contributed by atoms with Crippen molar-refractivity contribution in [2.75, 3.05) is 0 Å². The minimum absolute atomic E-state index is 0.211. The molecule has 0 heterocycles. The quantitative estimate of drug-likeness (QED) is 0.392. The van der Waals surface area contributed by atoms with Crippen molar-refractivity contribution >= 4 is 27.7 Å². The largest absolute Gasteiger partial charge is 0.294 e. The highest BCUT2D eigenvalue weighted by Crippen LogP contribution is 2.62. The molecule has 0 saturated heterocycles. The van der Waals surface area contributed by atoms with Gasteiger partial charge in [0.15, 0.2) is 11.6 Å². The number of carbonyl (C=O) groups is 2. The summed E-state index contributed by atoms with van der Waals surface area (Å²) in [6, 6.07) is 13.8. The molecule has 0 radical (unpaired) electrons. The Kier molecular flexibility index (Phi) is 5.94. The Balaban J connectivity index is 2.95. The number of hydrogen-bond donors (Lipinski definition) is 0. The Bertz CT molecular complexity index is 584. The van der Waals surface area contributed by atoms with Gasteiger partial charge in [-0.05, 0) is 0 Å². The number of fused-ring (bicyclic) bond motifs is 1. The number of Topliss-reactive ketones (excluding diaryl/α,β-unsaturated/α-hetero) is 2. The monoisotopic (exact) mass is 374 g/mol. The van der Waals surface area contributed by atoms with E-state index in [1.807, 2.05) is 24.3 Å². The van der Waals surface area contributed by atoms with Crippen LogP contribution < -0.4 is 0 Å². The molecule has 0 amide bonds. The second-order valence-corrected chi connectivity index (χ2v) is 19.0. The normalized spacial score (nSPS) is 17.0. The van der Waals surface area contributed by atoms with E-state index in [0.29, 0.717) is 11.1 Å². The molecular weight excluding hydrogens is 340 g/mol. The van der Waals surface area contributed by atoms with Crippen LogP contribution in [0, 0.1) is 0 Å². The van der Waals surface area contributed by atoms with Crippen LogP contribution in [0.3, 0.4) is 0 Å². The van der Waals surface area contributed by atoms with Crippen molar-refractivity contribution in [3.63, 3.8) is 0 Å². The van der Waals surface area contributed by atoms with Gasteiger partial charge in [0, 0.05) is 11.1 Å². The van der Waals surface area contributed by atoms with Crippen LogP contribution >= 0.6 is 0 Å². The SMILES string of the molecule is CC[Si](CC)(CC)C1([Si](CC)(CC)CC)C(=O)c2ccccc2C1=O. The second kappa shape index (κ2) is 7.32. The highest BCUT2D eigenvalue weighted by Gasteiger charge is 2.71. The van der Waals surface area contributed by atoms with Crippen LogP contribution in [0.2, 0.25) is 40.9 Å². The molecule has 0 saturated carbocycles. The fourth-order valence-corrected chi connectivity index (χ4v) is 22.3. The van der Waals surface area contributed by atoms with E-state index in [4.69, 9.17) is 0 Å². The van der Waals surface area contributed by atoms with Gasteiger partial charge in [-0.2, -0.15) is 0 Å². The zero-order valence-corrected chi connectivity index (χ0v) is 18.9. The van der Waals surface area contributed by atoms with E-state index in [9.17, 15) is 9.59 Å². The molecule has 0 unspecified atom stereocenters. The topological polar surface area (TPSA) is 34.1 Å². The van der Waals surface area contributed by atoms with Gasteiger partial charge < -0.3 is 0 Å². The van der Waals surface area contributed by atoms with Crippen molar-refractivity contribution in [1.29, 1.82) is 0 Å². The Morgan fingerprint density at radius 1 is 0.640 bits per heavy atom. The average molecular weight is 375 g/mol. The maximum atomic E-state index is 14.0. The lowest BCUT2D eigenvalue weighted by Gasteiger charge is -2.54. The molecule has 25 heavy (non-hydrogen) atoms. The fourth-order valence-electron chi connectivity index (χ4n) is 6.00. The fraction of sp³-hybridized carbons (Fsp3) is 0.619. The lowest BCUT2D eigenvalue weighted by Crippen LogP contribution is -2.66. The molecule has 1 aliphatic rings. The van der Waals surface area contributed by atoms with E-state index in [2.05, 4.69) is 41.5 Å². The van der Waals surface area contributed by atoms with Gasteiger partial charge in [0.05, 0.1) is 20.8 Å². The summed E-state index contributed by atoms with van der Waals surface area (Å²) in [5, 5.41) is 0. The minimum Gasteiger partial charge on any atom is -0.294 e. The third-order valence-corrected chi connectivity index (χ3v) is 23.1. The number of hydrogen-bond acceptors (Lipinski definition) is 2. The van der Waals surface area contributed by atoms with Crippen LogP contribution in [0.1, 0.15) is 62.3 Å². The van der Waals surface area contributed by atoms with Crippen molar-refractivity contribution in [1.82, 2.24) is 0 Å². The smallest absolute Gasteiger partial charge is 0.172 e. The lowest BCUT2D eigenvalue weighted by molar-refractivity contribution is 0.0888. The standard InChI is InChI=1S/C21H34O2Si2/c1-7-24(8-2,9-3)21(25(10-4,11-5)12-6)19(22)17-15-13-14-16-18(17)20(21)23/h13-16H,7-12H2,1-6H3. The van der Waals surface area contributed by atoms with E-state index in [-0.39, 0.29) is 11.6 Å². The van der Waals surface area contributed by atoms with Gasteiger partial charge in [0.25, 0.3) is 0 Å². The van der Waals surface area contributed by atoms with Gasteiger partial charge in [-0.3, -0.25) is 9.59 Å². The molecule has 0 N–H and O–H groups in total. The second-order valence-electron chi connectivity index (χ2n) is 7.64. The molecule has 0 bridgehead atoms. The Hall–Kier alpha value is -1.01. The summed E-state index contributed by atoms with van der Waals surface area (Å²) in [6.07, 6.45) is 0. The first-order valence-electron chi connectivity index (χ1n) is 10.1. The summed E-state index contributed by atoms with van der Waals surface area (Å²) in [5.74, 6) is 0.421. The molecule has 0 aliphatic heterocycles. The van der Waals surface area contributed by atoms with Crippen molar-refractivity contribution in [3.05, 3.63) is 35.4 Å². The van der Waals surface area contributed by atoms with Crippen LogP contribution in [0.5, 0.6) is 0 Å². The van der Waals surface area contributed by atoms with E-state index >= 15 is 0 Å². The number of benzene rings is 1. The third-order valence-electron chi connectivity index (χ3n) is 7.75. The predicted octanol–water partition coefficient (Wildman–Crippen LogP) is 6.36. The summed E-state index contributed by atoms with van der Waals surface area (Å²) in [6.45, 7) is 13.4. The van der Waals surface area contributed by atoms with Crippen molar-refractivity contribution in [3.8, 4) is 0 Å². The van der Waals surface area contributed by atoms with Crippen LogP contribution in [-0.4, -0.2) is 27.7 Å². The van der Waals surface area contributed by atoms with Crippen molar-refractivity contribution in [2.45, 2.75) is 82.5 Å². The van der Waals surface area contributed by atoms with E-state index in [0.717, 1.165) is 36.3 Å². The number of carbonyl (C=O) groups excluding carboxylic acids is 2. The average Bonchev–Trinajstić information content (AvgIpc) is 2.90. The van der Waals surface area contributed by atoms with E-state index in [1.165, 1.54) is 0 Å². The van der Waals surface area contributed by atoms with E-state index in [1.54, 1.807) is 0 Å². The molecule has 2 rings (SSSR count). The van der Waals surface area contributed by atoms with Crippen LogP contribution in [0.4, 0.5) is 0 Å². The third kappa shape index (κ3) is 2.33. The van der Waals surface area contributed by atoms with Crippen molar-refractivity contribution in [2.24, 2.45) is 0 Å². The van der Waals surface area contributed by atoms with Gasteiger partial charge >= 0.3 is 0 Å². The predicted molar refractivity (Wildman–Crippen MR) is 112 cm³/mol. The lowest BCUT2D eigenvalue weighted by atomic mass is 10.1. The molecule has 1 aliphatic carbocycles. The first-order chi connectivity index (χ1) is 11.9. The summed E-state index contributed by atoms with van der Waals surface area (Å²) in [7, 11) is -4.19. The van der Waals surface area contributed by atoms with Crippen LogP contribution in [-0.2, 0) is 0 Å². The van der Waals surface area contributed by atoms with Gasteiger partial charge in [0.1, 0.15) is 0 Å². The summed E-state index contributed by atoms with van der Waals surface area (Å²) in [5.41, 5.74) is 1.43. The van der Waals surface area contributed by atoms with Crippen molar-refractivity contribution < 1.29 is 9.59 Å². The minimum atomic E-state index is -2.09. The zero-order valence-electron chi connectivity index (χ0n) is 16.9. The molecule has 1 aromatic carbocycles. The first kappa shape index (κ1) is 20.3. The maximum Gasteiger partial charge on any atom is 0.172 e. The van der Waals surface area contributed by atoms with E-state index < -0.39 is 20.8 Å². The molecule has 138 valence electrons. The molecule has 0 atom stereocenters. The van der Waals surface area contributed by atoms with Crippen LogP contribution in [0.25, 0.3) is 0 Å². The zero-order chi connectivity index (χ0) is 18.9. The molecule has 1 aromatic rings. The molecular formula is C21H34O2Si2. The molecule has 0 fully saturated rings. The Labute approximate surface area is 155 Å². The molecule has 0 spiro atoms. The molecule has 4 heteroatoms.